The van der Waals surface area contributed by atoms with Crippen LogP contribution in [0.4, 0.5) is 0 Å². The number of hydrogen-bond donors (Lipinski definition) is 0. The topological polar surface area (TPSA) is 56.7 Å². The molecule has 0 fully saturated rings. The quantitative estimate of drug-likeness (QED) is 0.161. The Hall–Kier alpha value is -8.41. The molecule has 290 valence electrons. The molecule has 62 heavy (non-hydrogen) atoms. The summed E-state index contributed by atoms with van der Waals surface area (Å²) in [6.45, 7) is 0. The minimum absolute atomic E-state index is 0.546. The monoisotopic (exact) mass is 792 g/mol. The highest BCUT2D eigenvalue weighted by atomic mass is 16.3. The summed E-state index contributed by atoms with van der Waals surface area (Å²) in [7, 11) is 0. The number of furan rings is 1. The molecule has 3 heterocycles. The fourth-order valence-corrected chi connectivity index (χ4v) is 8.83. The third-order valence-corrected chi connectivity index (χ3v) is 11.9. The molecule has 0 aliphatic heterocycles. The van der Waals surface area contributed by atoms with Gasteiger partial charge >= 0.3 is 0 Å². The van der Waals surface area contributed by atoms with Gasteiger partial charge in [0.2, 0.25) is 0 Å². The lowest BCUT2D eigenvalue weighted by atomic mass is 10.0. The van der Waals surface area contributed by atoms with Gasteiger partial charge in [0.1, 0.15) is 11.2 Å². The summed E-state index contributed by atoms with van der Waals surface area (Å²) in [5.74, 6) is 1.72. The fraction of sp³-hybridized carbons (Fsp3) is 0. The van der Waals surface area contributed by atoms with E-state index in [0.29, 0.717) is 17.5 Å². The summed E-state index contributed by atoms with van der Waals surface area (Å²) in [5, 5.41) is 4.39. The van der Waals surface area contributed by atoms with Crippen LogP contribution in [0.3, 0.4) is 0 Å². The highest BCUT2D eigenvalue weighted by Gasteiger charge is 2.21. The normalized spacial score (nSPS) is 11.5. The molecule has 12 rings (SSSR count). The Bertz CT molecular complexity index is 3610. The van der Waals surface area contributed by atoms with E-state index >= 15 is 0 Å². The molecule has 0 aliphatic rings. The standard InChI is InChI=1S/C57H36N4O/c1-4-15-37(16-5-1)40-29-31-41(32-30-40)55-58-56(44-23-12-21-42(33-44)38-17-6-2-7-18-38)60-57(59-55)48-27-14-26-47-50-35-49-46-25-10-11-28-51(46)61(52(49)36-53(50)62-54(47)48)45-24-13-22-43(34-45)39-19-8-3-9-20-39/h1-36H. The van der Waals surface area contributed by atoms with E-state index in [-0.39, 0.29) is 0 Å². The molecule has 0 spiro atoms. The highest BCUT2D eigenvalue weighted by Crippen LogP contribution is 2.41. The number of nitrogens with zero attached hydrogens (tertiary/aromatic N) is 4. The van der Waals surface area contributed by atoms with E-state index in [9.17, 15) is 0 Å². The summed E-state index contributed by atoms with van der Waals surface area (Å²) < 4.78 is 9.29. The van der Waals surface area contributed by atoms with E-state index in [0.717, 1.165) is 83.0 Å². The van der Waals surface area contributed by atoms with Crippen LogP contribution >= 0.6 is 0 Å². The third kappa shape index (κ3) is 6.14. The van der Waals surface area contributed by atoms with Crippen LogP contribution in [-0.4, -0.2) is 19.5 Å². The number of rotatable bonds is 7. The average molecular weight is 793 g/mol. The second-order valence-corrected chi connectivity index (χ2v) is 15.6. The molecule has 12 aromatic rings. The first-order chi connectivity index (χ1) is 30.7. The molecule has 0 radical (unpaired) electrons. The van der Waals surface area contributed by atoms with Gasteiger partial charge in [0, 0.05) is 44.4 Å². The van der Waals surface area contributed by atoms with Gasteiger partial charge in [-0.2, -0.15) is 0 Å². The van der Waals surface area contributed by atoms with Gasteiger partial charge in [-0.1, -0.05) is 176 Å². The van der Waals surface area contributed by atoms with E-state index in [1.165, 1.54) is 16.5 Å². The lowest BCUT2D eigenvalue weighted by Gasteiger charge is -2.10. The van der Waals surface area contributed by atoms with Gasteiger partial charge < -0.3 is 8.98 Å². The molecule has 0 amide bonds. The second kappa shape index (κ2) is 14.7. The van der Waals surface area contributed by atoms with Gasteiger partial charge in [0.15, 0.2) is 17.5 Å². The van der Waals surface area contributed by atoms with Crippen LogP contribution in [0.2, 0.25) is 0 Å². The van der Waals surface area contributed by atoms with Crippen molar-refractivity contribution in [2.75, 3.05) is 0 Å². The van der Waals surface area contributed by atoms with Crippen molar-refractivity contribution in [1.29, 1.82) is 0 Å². The third-order valence-electron chi connectivity index (χ3n) is 11.9. The zero-order valence-corrected chi connectivity index (χ0v) is 33.5. The Kier molecular flexibility index (Phi) is 8.42. The zero-order valence-electron chi connectivity index (χ0n) is 33.5. The molecule has 0 N–H and O–H groups in total. The first kappa shape index (κ1) is 35.5. The van der Waals surface area contributed by atoms with Crippen LogP contribution in [0.15, 0.2) is 223 Å². The van der Waals surface area contributed by atoms with Crippen LogP contribution < -0.4 is 0 Å². The molecule has 0 atom stereocenters. The Labute approximate surface area is 357 Å². The van der Waals surface area contributed by atoms with Crippen LogP contribution in [0, 0.1) is 0 Å². The molecule has 0 saturated carbocycles. The van der Waals surface area contributed by atoms with Crippen molar-refractivity contribution in [1.82, 2.24) is 19.5 Å². The van der Waals surface area contributed by atoms with Gasteiger partial charge in [-0.15, -0.1) is 0 Å². The SMILES string of the molecule is c1ccc(-c2ccc(-c3nc(-c4cccc(-c5ccccc5)c4)nc(-c4cccc5c4oc4cc6c(cc45)c4ccccc4n6-c4cccc(-c5ccccc5)c4)n3)cc2)cc1. The number of fused-ring (bicyclic) bond motifs is 6. The van der Waals surface area contributed by atoms with E-state index in [1.807, 2.05) is 12.1 Å². The molecule has 0 bridgehead atoms. The summed E-state index contributed by atoms with van der Waals surface area (Å²) >= 11 is 0. The Morgan fingerprint density at radius 3 is 1.55 bits per heavy atom. The van der Waals surface area contributed by atoms with Crippen LogP contribution in [-0.2, 0) is 0 Å². The van der Waals surface area contributed by atoms with Crippen molar-refractivity contribution in [2.45, 2.75) is 0 Å². The van der Waals surface area contributed by atoms with Crippen molar-refractivity contribution in [2.24, 2.45) is 0 Å². The molecule has 0 saturated heterocycles. The molecular formula is C57H36N4O. The molecule has 9 aromatic carbocycles. The van der Waals surface area contributed by atoms with Gasteiger partial charge in [-0.25, -0.2) is 15.0 Å². The maximum Gasteiger partial charge on any atom is 0.167 e. The summed E-state index contributed by atoms with van der Waals surface area (Å²) in [6, 6.07) is 76.3. The first-order valence-electron chi connectivity index (χ1n) is 20.8. The van der Waals surface area contributed by atoms with E-state index in [4.69, 9.17) is 19.4 Å². The number of para-hydroxylation sites is 2. The fourth-order valence-electron chi connectivity index (χ4n) is 8.83. The Morgan fingerprint density at radius 1 is 0.306 bits per heavy atom. The predicted octanol–water partition coefficient (Wildman–Crippen LogP) is 14.9. The van der Waals surface area contributed by atoms with Crippen molar-refractivity contribution >= 4 is 43.7 Å². The Balaban J connectivity index is 1.04. The lowest BCUT2D eigenvalue weighted by molar-refractivity contribution is 0.670. The molecule has 3 aromatic heterocycles. The maximum absolute atomic E-state index is 6.95. The minimum atomic E-state index is 0.546. The zero-order chi connectivity index (χ0) is 41.0. The van der Waals surface area contributed by atoms with E-state index < -0.39 is 0 Å². The van der Waals surface area contributed by atoms with Crippen LogP contribution in [0.5, 0.6) is 0 Å². The maximum atomic E-state index is 6.95. The highest BCUT2D eigenvalue weighted by molar-refractivity contribution is 6.18. The van der Waals surface area contributed by atoms with Gasteiger partial charge in [0.05, 0.1) is 16.6 Å². The van der Waals surface area contributed by atoms with Crippen molar-refractivity contribution in [3.05, 3.63) is 218 Å². The predicted molar refractivity (Wildman–Crippen MR) is 254 cm³/mol. The lowest BCUT2D eigenvalue weighted by Crippen LogP contribution is -2.00. The number of hydrogen-bond acceptors (Lipinski definition) is 4. The Morgan fingerprint density at radius 2 is 0.823 bits per heavy atom. The van der Waals surface area contributed by atoms with E-state index in [2.05, 4.69) is 211 Å². The minimum Gasteiger partial charge on any atom is -0.455 e. The second-order valence-electron chi connectivity index (χ2n) is 15.6. The van der Waals surface area contributed by atoms with Crippen LogP contribution in [0.1, 0.15) is 0 Å². The van der Waals surface area contributed by atoms with Crippen molar-refractivity contribution < 1.29 is 4.42 Å². The average Bonchev–Trinajstić information content (AvgIpc) is 3.89. The van der Waals surface area contributed by atoms with Crippen molar-refractivity contribution in [3.8, 4) is 73.2 Å². The summed E-state index contributed by atoms with van der Waals surface area (Å²) in [5.41, 5.74) is 14.3. The summed E-state index contributed by atoms with van der Waals surface area (Å²) in [6.07, 6.45) is 0. The first-order valence-corrected chi connectivity index (χ1v) is 20.8. The molecule has 5 heteroatoms. The largest absolute Gasteiger partial charge is 0.455 e. The van der Waals surface area contributed by atoms with Gasteiger partial charge in [0.25, 0.3) is 0 Å². The molecule has 0 unspecified atom stereocenters. The molecular weight excluding hydrogens is 757 g/mol. The van der Waals surface area contributed by atoms with Crippen molar-refractivity contribution in [3.63, 3.8) is 0 Å². The molecule has 0 aliphatic carbocycles. The molecule has 5 nitrogen and oxygen atoms in total. The van der Waals surface area contributed by atoms with Gasteiger partial charge in [-0.05, 0) is 69.8 Å². The van der Waals surface area contributed by atoms with Crippen LogP contribution in [0.25, 0.3) is 117 Å². The summed E-state index contributed by atoms with van der Waals surface area (Å²) in [4.78, 5) is 15.5. The van der Waals surface area contributed by atoms with Gasteiger partial charge in [-0.3, -0.25) is 0 Å². The van der Waals surface area contributed by atoms with E-state index in [1.54, 1.807) is 0 Å². The number of benzene rings is 9. The number of aromatic nitrogens is 4. The smallest absolute Gasteiger partial charge is 0.167 e.